The maximum absolute atomic E-state index is 13.6. The van der Waals surface area contributed by atoms with Crippen LogP contribution in [0.25, 0.3) is 11.0 Å². The highest BCUT2D eigenvalue weighted by molar-refractivity contribution is 7.99. The molecule has 1 aromatic heterocycles. The predicted molar refractivity (Wildman–Crippen MR) is 97.3 cm³/mol. The lowest BCUT2D eigenvalue weighted by Crippen LogP contribution is -2.16. The van der Waals surface area contributed by atoms with Crippen molar-refractivity contribution in [1.29, 1.82) is 0 Å². The van der Waals surface area contributed by atoms with Gasteiger partial charge in [-0.2, -0.15) is 0 Å². The van der Waals surface area contributed by atoms with Crippen molar-refractivity contribution in [3.63, 3.8) is 0 Å². The van der Waals surface area contributed by atoms with Gasteiger partial charge in [-0.1, -0.05) is 23.9 Å². The van der Waals surface area contributed by atoms with Crippen LogP contribution >= 0.6 is 11.8 Å². The first-order valence-electron chi connectivity index (χ1n) is 7.90. The zero-order valence-electron chi connectivity index (χ0n) is 14.0. The second kappa shape index (κ2) is 8.29. The van der Waals surface area contributed by atoms with E-state index in [9.17, 15) is 13.6 Å². The smallest absolute Gasteiger partial charge is 0.234 e. The molecular formula is C18H17F2N3O2S. The monoisotopic (exact) mass is 377 g/mol. The molecule has 1 N–H and O–H groups in total. The normalized spacial score (nSPS) is 11.0. The van der Waals surface area contributed by atoms with E-state index in [0.717, 1.165) is 23.2 Å². The summed E-state index contributed by atoms with van der Waals surface area (Å²) in [5.74, 6) is -1.85. The first-order valence-corrected chi connectivity index (χ1v) is 8.89. The summed E-state index contributed by atoms with van der Waals surface area (Å²) >= 11 is 1.25. The Labute approximate surface area is 153 Å². The molecule has 0 spiro atoms. The second-order valence-electron chi connectivity index (χ2n) is 5.49. The van der Waals surface area contributed by atoms with Gasteiger partial charge in [0, 0.05) is 19.7 Å². The Hall–Kier alpha value is -2.45. The zero-order valence-corrected chi connectivity index (χ0v) is 14.9. The molecule has 2 aromatic carbocycles. The highest BCUT2D eigenvalue weighted by Crippen LogP contribution is 2.24. The number of nitrogens with one attached hydrogen (secondary N) is 1. The van der Waals surface area contributed by atoms with E-state index >= 15 is 0 Å². The quantitative estimate of drug-likeness (QED) is 0.638. The third kappa shape index (κ3) is 4.20. The number of fused-ring (bicyclic) bond motifs is 1. The lowest BCUT2D eigenvalue weighted by atomic mass is 10.3. The van der Waals surface area contributed by atoms with Gasteiger partial charge in [0.05, 0.1) is 29.1 Å². The van der Waals surface area contributed by atoms with Crippen molar-refractivity contribution in [2.75, 3.05) is 24.8 Å². The predicted octanol–water partition coefficient (Wildman–Crippen LogP) is 3.69. The van der Waals surface area contributed by atoms with Gasteiger partial charge in [0.25, 0.3) is 0 Å². The van der Waals surface area contributed by atoms with Gasteiger partial charge in [0.2, 0.25) is 5.91 Å². The number of carbonyl (C=O) groups is 1. The number of para-hydroxylation sites is 2. The van der Waals surface area contributed by atoms with Crippen LogP contribution in [0.2, 0.25) is 0 Å². The second-order valence-corrected chi connectivity index (χ2v) is 6.43. The summed E-state index contributed by atoms with van der Waals surface area (Å²) in [5, 5.41) is 3.12. The van der Waals surface area contributed by atoms with E-state index in [1.165, 1.54) is 17.8 Å². The minimum absolute atomic E-state index is 0.0487. The number of nitrogens with zero attached hydrogens (tertiary/aromatic N) is 2. The Morgan fingerprint density at radius 1 is 1.27 bits per heavy atom. The number of rotatable bonds is 7. The van der Waals surface area contributed by atoms with E-state index in [4.69, 9.17) is 4.74 Å². The van der Waals surface area contributed by atoms with Gasteiger partial charge in [-0.15, -0.1) is 0 Å². The molecule has 1 heterocycles. The van der Waals surface area contributed by atoms with Gasteiger partial charge in [0.15, 0.2) is 5.16 Å². The van der Waals surface area contributed by atoms with Gasteiger partial charge in [0.1, 0.15) is 11.6 Å². The van der Waals surface area contributed by atoms with E-state index in [1.54, 1.807) is 7.11 Å². The third-order valence-corrected chi connectivity index (χ3v) is 4.65. The minimum atomic E-state index is -0.810. The summed E-state index contributed by atoms with van der Waals surface area (Å²) in [6, 6.07) is 10.7. The van der Waals surface area contributed by atoms with Gasteiger partial charge in [-0.3, -0.25) is 4.79 Å². The van der Waals surface area contributed by atoms with Crippen molar-refractivity contribution >= 4 is 34.4 Å². The fourth-order valence-corrected chi connectivity index (χ4v) is 3.31. The number of halogens is 2. The van der Waals surface area contributed by atoms with E-state index in [1.807, 2.05) is 28.8 Å². The Kier molecular flexibility index (Phi) is 5.85. The number of thioether (sulfide) groups is 1. The van der Waals surface area contributed by atoms with E-state index in [2.05, 4.69) is 10.3 Å². The van der Waals surface area contributed by atoms with Gasteiger partial charge < -0.3 is 14.6 Å². The minimum Gasteiger partial charge on any atom is -0.383 e. The average Bonchev–Trinajstić information content (AvgIpc) is 2.98. The molecule has 3 rings (SSSR count). The number of benzene rings is 2. The molecule has 0 saturated heterocycles. The highest BCUT2D eigenvalue weighted by Gasteiger charge is 2.14. The van der Waals surface area contributed by atoms with Crippen LogP contribution in [0, 0.1) is 11.6 Å². The van der Waals surface area contributed by atoms with Crippen LogP contribution in [-0.4, -0.2) is 34.9 Å². The summed E-state index contributed by atoms with van der Waals surface area (Å²) in [6.45, 7) is 1.12. The Morgan fingerprint density at radius 2 is 2.08 bits per heavy atom. The fraction of sp³-hybridized carbons (Fsp3) is 0.222. The maximum Gasteiger partial charge on any atom is 0.234 e. The third-order valence-electron chi connectivity index (χ3n) is 3.68. The summed E-state index contributed by atoms with van der Waals surface area (Å²) in [4.78, 5) is 16.6. The van der Waals surface area contributed by atoms with Crippen LogP contribution in [0.4, 0.5) is 14.5 Å². The summed E-state index contributed by atoms with van der Waals surface area (Å²) in [5.41, 5.74) is 1.73. The molecule has 26 heavy (non-hydrogen) atoms. The summed E-state index contributed by atoms with van der Waals surface area (Å²) in [7, 11) is 1.62. The van der Waals surface area contributed by atoms with Crippen molar-refractivity contribution < 1.29 is 18.3 Å². The van der Waals surface area contributed by atoms with Gasteiger partial charge >= 0.3 is 0 Å². The maximum atomic E-state index is 13.6. The molecular weight excluding hydrogens is 360 g/mol. The standard InChI is InChI=1S/C18H17F2N3O2S/c1-25-9-8-23-16-5-3-2-4-15(16)22-18(23)26-11-17(24)21-14-7-6-12(19)10-13(14)20/h2-7,10H,8-9,11H2,1H3,(H,21,24). The Bertz CT molecular complexity index is 930. The van der Waals surface area contributed by atoms with Gasteiger partial charge in [-0.25, -0.2) is 13.8 Å². The number of aromatic nitrogens is 2. The van der Waals surface area contributed by atoms with Gasteiger partial charge in [-0.05, 0) is 24.3 Å². The number of carbonyl (C=O) groups excluding carboxylic acids is 1. The average molecular weight is 377 g/mol. The van der Waals surface area contributed by atoms with Crippen LogP contribution in [-0.2, 0) is 16.1 Å². The Balaban J connectivity index is 1.71. The topological polar surface area (TPSA) is 56.1 Å². The molecule has 0 unspecified atom stereocenters. The number of methoxy groups -OCH3 is 1. The molecule has 0 aliphatic rings. The number of anilines is 1. The first-order chi connectivity index (χ1) is 12.6. The Morgan fingerprint density at radius 3 is 2.85 bits per heavy atom. The molecule has 1 amide bonds. The van der Waals surface area contributed by atoms with Crippen molar-refractivity contribution in [2.45, 2.75) is 11.7 Å². The van der Waals surface area contributed by atoms with Crippen molar-refractivity contribution in [2.24, 2.45) is 0 Å². The van der Waals surface area contributed by atoms with Crippen molar-refractivity contribution in [1.82, 2.24) is 9.55 Å². The number of imidazole rings is 1. The number of ether oxygens (including phenoxy) is 1. The van der Waals surface area contributed by atoms with E-state index in [-0.39, 0.29) is 11.4 Å². The number of amides is 1. The van der Waals surface area contributed by atoms with Crippen LogP contribution < -0.4 is 5.32 Å². The molecule has 0 fully saturated rings. The lowest BCUT2D eigenvalue weighted by molar-refractivity contribution is -0.113. The number of hydrogen-bond donors (Lipinski definition) is 1. The highest BCUT2D eigenvalue weighted by atomic mass is 32.2. The molecule has 136 valence electrons. The SMILES string of the molecule is COCCn1c(SCC(=O)Nc2ccc(F)cc2F)nc2ccccc21. The fourth-order valence-electron chi connectivity index (χ4n) is 2.47. The number of hydrogen-bond acceptors (Lipinski definition) is 4. The zero-order chi connectivity index (χ0) is 18.5. The molecule has 0 saturated carbocycles. The van der Waals surface area contributed by atoms with Crippen LogP contribution in [0.5, 0.6) is 0 Å². The summed E-state index contributed by atoms with van der Waals surface area (Å²) in [6.07, 6.45) is 0. The van der Waals surface area contributed by atoms with E-state index in [0.29, 0.717) is 18.3 Å². The first kappa shape index (κ1) is 18.3. The van der Waals surface area contributed by atoms with Crippen LogP contribution in [0.3, 0.4) is 0 Å². The van der Waals surface area contributed by atoms with Crippen LogP contribution in [0.1, 0.15) is 0 Å². The summed E-state index contributed by atoms with van der Waals surface area (Å²) < 4.78 is 33.7. The van der Waals surface area contributed by atoms with Crippen molar-refractivity contribution in [3.8, 4) is 0 Å². The molecule has 0 atom stereocenters. The molecule has 0 aliphatic heterocycles. The van der Waals surface area contributed by atoms with E-state index < -0.39 is 17.5 Å². The lowest BCUT2D eigenvalue weighted by Gasteiger charge is -2.09. The molecule has 0 bridgehead atoms. The van der Waals surface area contributed by atoms with Crippen LogP contribution in [0.15, 0.2) is 47.6 Å². The molecule has 3 aromatic rings. The molecule has 0 radical (unpaired) electrons. The molecule has 0 aliphatic carbocycles. The molecule has 5 nitrogen and oxygen atoms in total. The molecule has 8 heteroatoms. The largest absolute Gasteiger partial charge is 0.383 e. The van der Waals surface area contributed by atoms with Crippen molar-refractivity contribution in [3.05, 3.63) is 54.1 Å².